The first-order valence-electron chi connectivity index (χ1n) is 6.54. The number of carbonyl (C=O) groups excluding carboxylic acids is 1. The van der Waals surface area contributed by atoms with Crippen LogP contribution in [0.3, 0.4) is 0 Å². The highest BCUT2D eigenvalue weighted by Crippen LogP contribution is 2.38. The molecule has 0 aliphatic heterocycles. The van der Waals surface area contributed by atoms with E-state index < -0.39 is 0 Å². The number of hydrogen-bond donors (Lipinski definition) is 0. The summed E-state index contributed by atoms with van der Waals surface area (Å²) in [5.41, 5.74) is 0.691. The summed E-state index contributed by atoms with van der Waals surface area (Å²) in [4.78, 5) is 12.6. The van der Waals surface area contributed by atoms with E-state index in [2.05, 4.69) is 22.9 Å². The second kappa shape index (κ2) is 5.95. The summed E-state index contributed by atoms with van der Waals surface area (Å²) in [6, 6.07) is 3.57. The lowest BCUT2D eigenvalue weighted by molar-refractivity contribution is 0.0896. The summed E-state index contributed by atoms with van der Waals surface area (Å²) in [5, 5.41) is 0. The van der Waals surface area contributed by atoms with Crippen molar-refractivity contribution in [2.24, 2.45) is 11.8 Å². The first-order chi connectivity index (χ1) is 9.08. The minimum Gasteiger partial charge on any atom is -0.493 e. The number of hydrogen-bond acceptors (Lipinski definition) is 3. The molecule has 4 heteroatoms. The predicted molar refractivity (Wildman–Crippen MR) is 78.1 cm³/mol. The molecule has 0 heterocycles. The van der Waals surface area contributed by atoms with Gasteiger partial charge in [-0.2, -0.15) is 0 Å². The maximum atomic E-state index is 12.6. The van der Waals surface area contributed by atoms with Crippen molar-refractivity contribution in [1.29, 1.82) is 0 Å². The summed E-state index contributed by atoms with van der Waals surface area (Å²) in [6.07, 6.45) is 3.27. The van der Waals surface area contributed by atoms with Gasteiger partial charge in [-0.3, -0.25) is 4.79 Å². The van der Waals surface area contributed by atoms with Crippen LogP contribution in [-0.4, -0.2) is 20.0 Å². The van der Waals surface area contributed by atoms with Crippen LogP contribution in [0.1, 0.15) is 36.5 Å². The molecule has 0 amide bonds. The summed E-state index contributed by atoms with van der Waals surface area (Å²) in [6.45, 7) is 2.16. The Morgan fingerprint density at radius 1 is 1.21 bits per heavy atom. The Labute approximate surface area is 122 Å². The van der Waals surface area contributed by atoms with Crippen molar-refractivity contribution in [1.82, 2.24) is 0 Å². The van der Waals surface area contributed by atoms with Crippen LogP contribution in [0.2, 0.25) is 0 Å². The summed E-state index contributed by atoms with van der Waals surface area (Å²) >= 11 is 3.46. The highest BCUT2D eigenvalue weighted by atomic mass is 79.9. The van der Waals surface area contributed by atoms with Gasteiger partial charge in [0.15, 0.2) is 17.3 Å². The van der Waals surface area contributed by atoms with Gasteiger partial charge in [-0.1, -0.05) is 13.3 Å². The zero-order valence-corrected chi connectivity index (χ0v) is 13.1. The van der Waals surface area contributed by atoms with E-state index in [1.54, 1.807) is 26.4 Å². The van der Waals surface area contributed by atoms with E-state index in [4.69, 9.17) is 9.47 Å². The number of Topliss-reactive ketones (excluding diaryl/α,β-unsaturated/α-hetero) is 1. The lowest BCUT2D eigenvalue weighted by Gasteiger charge is -2.16. The molecule has 2 atom stereocenters. The zero-order valence-electron chi connectivity index (χ0n) is 11.5. The lowest BCUT2D eigenvalue weighted by atomic mass is 9.89. The van der Waals surface area contributed by atoms with Crippen molar-refractivity contribution < 1.29 is 14.3 Å². The van der Waals surface area contributed by atoms with E-state index in [1.807, 2.05) is 0 Å². The maximum absolute atomic E-state index is 12.6. The van der Waals surface area contributed by atoms with Crippen LogP contribution in [0.4, 0.5) is 0 Å². The molecule has 104 valence electrons. The fourth-order valence-corrected chi connectivity index (χ4v) is 3.30. The number of rotatable bonds is 4. The second-order valence-electron chi connectivity index (χ2n) is 5.07. The molecule has 1 aromatic carbocycles. The average Bonchev–Trinajstić information content (AvgIpc) is 2.83. The first kappa shape index (κ1) is 14.4. The lowest BCUT2D eigenvalue weighted by Crippen LogP contribution is -2.17. The monoisotopic (exact) mass is 326 g/mol. The standard InChI is InChI=1S/C15H19BrO3/c1-9-5-4-6-10(9)15(17)11-7-13(18-2)14(19-3)8-12(11)16/h7-10H,4-6H2,1-3H3. The van der Waals surface area contributed by atoms with Crippen molar-refractivity contribution in [3.05, 3.63) is 22.2 Å². The largest absolute Gasteiger partial charge is 0.493 e. The van der Waals surface area contributed by atoms with Crippen molar-refractivity contribution in [2.75, 3.05) is 14.2 Å². The fourth-order valence-electron chi connectivity index (χ4n) is 2.78. The van der Waals surface area contributed by atoms with Gasteiger partial charge >= 0.3 is 0 Å². The van der Waals surface area contributed by atoms with E-state index in [-0.39, 0.29) is 11.7 Å². The predicted octanol–water partition coefficient (Wildman–Crippen LogP) is 4.09. The third-order valence-corrected chi connectivity index (χ3v) is 4.59. The molecule has 1 aliphatic carbocycles. The van der Waals surface area contributed by atoms with Gasteiger partial charge in [0, 0.05) is 16.0 Å². The van der Waals surface area contributed by atoms with Crippen LogP contribution in [0, 0.1) is 11.8 Å². The average molecular weight is 327 g/mol. The molecule has 3 nitrogen and oxygen atoms in total. The smallest absolute Gasteiger partial charge is 0.167 e. The number of ketones is 1. The quantitative estimate of drug-likeness (QED) is 0.782. The Morgan fingerprint density at radius 2 is 1.84 bits per heavy atom. The van der Waals surface area contributed by atoms with Crippen LogP contribution in [0.25, 0.3) is 0 Å². The highest BCUT2D eigenvalue weighted by molar-refractivity contribution is 9.10. The van der Waals surface area contributed by atoms with Gasteiger partial charge in [0.1, 0.15) is 0 Å². The Kier molecular flexibility index (Phi) is 4.50. The summed E-state index contributed by atoms with van der Waals surface area (Å²) in [5.74, 6) is 2.03. The fraction of sp³-hybridized carbons (Fsp3) is 0.533. The van der Waals surface area contributed by atoms with E-state index in [1.165, 1.54) is 0 Å². The normalized spacial score (nSPS) is 22.3. The third kappa shape index (κ3) is 2.78. The van der Waals surface area contributed by atoms with Gasteiger partial charge in [0.05, 0.1) is 14.2 Å². The maximum Gasteiger partial charge on any atom is 0.167 e. The van der Waals surface area contributed by atoms with Gasteiger partial charge in [0.2, 0.25) is 0 Å². The molecule has 0 aromatic heterocycles. The molecular formula is C15H19BrO3. The number of methoxy groups -OCH3 is 2. The molecule has 0 spiro atoms. The van der Waals surface area contributed by atoms with Gasteiger partial charge in [0.25, 0.3) is 0 Å². The van der Waals surface area contributed by atoms with Crippen LogP contribution < -0.4 is 9.47 Å². The number of halogens is 1. The summed E-state index contributed by atoms with van der Waals surface area (Å²) in [7, 11) is 3.17. The van der Waals surface area contributed by atoms with Crippen molar-refractivity contribution >= 4 is 21.7 Å². The molecule has 1 aliphatic rings. The van der Waals surface area contributed by atoms with Crippen LogP contribution in [0.5, 0.6) is 11.5 Å². The molecule has 0 saturated heterocycles. The SMILES string of the molecule is COc1cc(Br)c(C(=O)C2CCCC2C)cc1OC. The van der Waals surface area contributed by atoms with E-state index >= 15 is 0 Å². The molecule has 1 saturated carbocycles. The van der Waals surface area contributed by atoms with Crippen LogP contribution in [0.15, 0.2) is 16.6 Å². The Bertz CT molecular complexity index is 485. The molecule has 0 N–H and O–H groups in total. The van der Waals surface area contributed by atoms with Crippen LogP contribution in [-0.2, 0) is 0 Å². The molecule has 0 bridgehead atoms. The summed E-state index contributed by atoms with van der Waals surface area (Å²) < 4.78 is 11.3. The second-order valence-corrected chi connectivity index (χ2v) is 5.92. The molecule has 1 aromatic rings. The molecule has 0 radical (unpaired) electrons. The highest BCUT2D eigenvalue weighted by Gasteiger charge is 2.31. The van der Waals surface area contributed by atoms with Crippen molar-refractivity contribution in [3.8, 4) is 11.5 Å². The first-order valence-corrected chi connectivity index (χ1v) is 7.33. The molecular weight excluding hydrogens is 308 g/mol. The third-order valence-electron chi connectivity index (χ3n) is 3.94. The van der Waals surface area contributed by atoms with Gasteiger partial charge in [-0.05, 0) is 46.8 Å². The molecule has 2 unspecified atom stereocenters. The molecule has 2 rings (SSSR count). The number of ether oxygens (including phenoxy) is 2. The van der Waals surface area contributed by atoms with Crippen LogP contribution >= 0.6 is 15.9 Å². The van der Waals surface area contributed by atoms with Gasteiger partial charge in [-0.15, -0.1) is 0 Å². The number of benzene rings is 1. The minimum atomic E-state index is 0.134. The number of carbonyl (C=O) groups is 1. The van der Waals surface area contributed by atoms with Gasteiger partial charge in [-0.25, -0.2) is 0 Å². The molecule has 19 heavy (non-hydrogen) atoms. The topological polar surface area (TPSA) is 35.5 Å². The Morgan fingerprint density at radius 3 is 2.37 bits per heavy atom. The zero-order chi connectivity index (χ0) is 14.0. The van der Waals surface area contributed by atoms with Crippen molar-refractivity contribution in [2.45, 2.75) is 26.2 Å². The Hall–Kier alpha value is -1.03. The van der Waals surface area contributed by atoms with Gasteiger partial charge < -0.3 is 9.47 Å². The van der Waals surface area contributed by atoms with Crippen molar-refractivity contribution in [3.63, 3.8) is 0 Å². The molecule has 1 fully saturated rings. The van der Waals surface area contributed by atoms with E-state index in [0.29, 0.717) is 23.0 Å². The Balaban J connectivity index is 2.36. The van der Waals surface area contributed by atoms with E-state index in [0.717, 1.165) is 23.7 Å². The minimum absolute atomic E-state index is 0.134. The van der Waals surface area contributed by atoms with E-state index in [9.17, 15) is 4.79 Å².